The first-order valence-electron chi connectivity index (χ1n) is 5.48. The quantitative estimate of drug-likeness (QED) is 0.509. The van der Waals surface area contributed by atoms with Gasteiger partial charge in [0.15, 0.2) is 0 Å². The van der Waals surface area contributed by atoms with Crippen LogP contribution in [-0.2, 0) is 14.3 Å². The molecule has 0 aliphatic rings. The summed E-state index contributed by atoms with van der Waals surface area (Å²) in [5.74, 6) is 0.234. The second-order valence-corrected chi connectivity index (χ2v) is 3.26. The van der Waals surface area contributed by atoms with Gasteiger partial charge in [-0.05, 0) is 12.8 Å². The van der Waals surface area contributed by atoms with E-state index in [-0.39, 0.29) is 5.78 Å². The molecule has 0 spiro atoms. The van der Waals surface area contributed by atoms with Crippen LogP contribution in [-0.4, -0.2) is 32.2 Å². The average molecular weight is 202 g/mol. The fourth-order valence-corrected chi connectivity index (χ4v) is 0.990. The highest BCUT2D eigenvalue weighted by atomic mass is 16.5. The van der Waals surface area contributed by atoms with Gasteiger partial charge in [-0.2, -0.15) is 0 Å². The Hall–Kier alpha value is -0.410. The van der Waals surface area contributed by atoms with Crippen LogP contribution in [0, 0.1) is 0 Å². The summed E-state index contributed by atoms with van der Waals surface area (Å²) < 4.78 is 10.4. The van der Waals surface area contributed by atoms with E-state index in [4.69, 9.17) is 9.47 Å². The minimum absolute atomic E-state index is 0.234. The van der Waals surface area contributed by atoms with Crippen LogP contribution < -0.4 is 0 Å². The van der Waals surface area contributed by atoms with E-state index in [0.717, 1.165) is 26.1 Å². The summed E-state index contributed by atoms with van der Waals surface area (Å²) in [5, 5.41) is 0. The second-order valence-electron chi connectivity index (χ2n) is 3.26. The molecule has 0 aromatic rings. The lowest BCUT2D eigenvalue weighted by Gasteiger charge is -2.03. The summed E-state index contributed by atoms with van der Waals surface area (Å²) in [4.78, 5) is 11.2. The Morgan fingerprint density at radius 3 is 1.64 bits per heavy atom. The summed E-state index contributed by atoms with van der Waals surface area (Å²) in [6.45, 7) is 6.72. The molecule has 0 atom stereocenters. The number of Topliss-reactive ketones (excluding diaryl/α,β-unsaturated/α-hetero) is 1. The Bertz CT molecular complexity index is 120. The molecule has 0 fully saturated rings. The van der Waals surface area contributed by atoms with Gasteiger partial charge in [-0.15, -0.1) is 0 Å². The Labute approximate surface area is 86.8 Å². The molecule has 0 unspecified atom stereocenters. The van der Waals surface area contributed by atoms with Gasteiger partial charge in [0.1, 0.15) is 5.78 Å². The van der Waals surface area contributed by atoms with Crippen molar-refractivity contribution in [3.8, 4) is 0 Å². The Morgan fingerprint density at radius 1 is 0.857 bits per heavy atom. The summed E-state index contributed by atoms with van der Waals surface area (Å²) in [5.41, 5.74) is 0. The van der Waals surface area contributed by atoms with Crippen LogP contribution in [0.2, 0.25) is 0 Å². The molecule has 0 amide bonds. The lowest BCUT2D eigenvalue weighted by Crippen LogP contribution is -2.08. The minimum Gasteiger partial charge on any atom is -0.381 e. The maximum absolute atomic E-state index is 11.2. The third-order valence-electron chi connectivity index (χ3n) is 1.75. The van der Waals surface area contributed by atoms with Crippen molar-refractivity contribution in [2.45, 2.75) is 39.5 Å². The van der Waals surface area contributed by atoms with Crippen molar-refractivity contribution < 1.29 is 14.3 Å². The van der Waals surface area contributed by atoms with Gasteiger partial charge in [0, 0.05) is 26.1 Å². The number of ketones is 1. The molecule has 0 saturated carbocycles. The monoisotopic (exact) mass is 202 g/mol. The van der Waals surface area contributed by atoms with E-state index < -0.39 is 0 Å². The molecule has 0 radical (unpaired) electrons. The maximum Gasteiger partial charge on any atom is 0.137 e. The van der Waals surface area contributed by atoms with E-state index in [1.54, 1.807) is 0 Å². The molecule has 0 N–H and O–H groups in total. The van der Waals surface area contributed by atoms with Crippen LogP contribution in [0.5, 0.6) is 0 Å². The topological polar surface area (TPSA) is 35.5 Å². The molecule has 3 heteroatoms. The van der Waals surface area contributed by atoms with E-state index in [0.29, 0.717) is 26.1 Å². The van der Waals surface area contributed by atoms with Gasteiger partial charge in [0.25, 0.3) is 0 Å². The summed E-state index contributed by atoms with van der Waals surface area (Å²) in [6.07, 6.45) is 3.06. The standard InChI is InChI=1S/C11H22O3/c1-3-7-13-9-5-11(12)6-10-14-8-4-2/h3-10H2,1-2H3. The average Bonchev–Trinajstić information content (AvgIpc) is 2.19. The van der Waals surface area contributed by atoms with Gasteiger partial charge in [0.2, 0.25) is 0 Å². The number of ether oxygens (including phenoxy) is 2. The molecule has 0 aromatic carbocycles. The van der Waals surface area contributed by atoms with E-state index in [2.05, 4.69) is 13.8 Å². The van der Waals surface area contributed by atoms with Crippen molar-refractivity contribution in [3.63, 3.8) is 0 Å². The van der Waals surface area contributed by atoms with Crippen LogP contribution in [0.25, 0.3) is 0 Å². The van der Waals surface area contributed by atoms with Crippen molar-refractivity contribution in [1.82, 2.24) is 0 Å². The first kappa shape index (κ1) is 13.6. The highest BCUT2D eigenvalue weighted by Crippen LogP contribution is 1.93. The largest absolute Gasteiger partial charge is 0.381 e. The molecule has 0 bridgehead atoms. The fourth-order valence-electron chi connectivity index (χ4n) is 0.990. The Morgan fingerprint density at radius 2 is 1.29 bits per heavy atom. The first-order chi connectivity index (χ1) is 6.81. The molecule has 0 heterocycles. The van der Waals surface area contributed by atoms with Crippen LogP contribution in [0.4, 0.5) is 0 Å². The third kappa shape index (κ3) is 9.68. The summed E-state index contributed by atoms with van der Waals surface area (Å²) in [7, 11) is 0. The van der Waals surface area contributed by atoms with Crippen molar-refractivity contribution >= 4 is 5.78 Å². The number of carbonyl (C=O) groups excluding carboxylic acids is 1. The predicted octanol–water partition coefficient (Wildman–Crippen LogP) is 2.19. The fraction of sp³-hybridized carbons (Fsp3) is 0.909. The van der Waals surface area contributed by atoms with E-state index >= 15 is 0 Å². The zero-order valence-corrected chi connectivity index (χ0v) is 9.38. The molecule has 3 nitrogen and oxygen atoms in total. The summed E-state index contributed by atoms with van der Waals surface area (Å²) >= 11 is 0. The second kappa shape index (κ2) is 10.7. The number of hydrogen-bond donors (Lipinski definition) is 0. The minimum atomic E-state index is 0.234. The van der Waals surface area contributed by atoms with Crippen molar-refractivity contribution in [2.24, 2.45) is 0 Å². The van der Waals surface area contributed by atoms with Gasteiger partial charge >= 0.3 is 0 Å². The third-order valence-corrected chi connectivity index (χ3v) is 1.75. The lowest BCUT2D eigenvalue weighted by molar-refractivity contribution is -0.121. The number of hydrogen-bond acceptors (Lipinski definition) is 3. The highest BCUT2D eigenvalue weighted by Gasteiger charge is 2.01. The van der Waals surface area contributed by atoms with Gasteiger partial charge in [-0.1, -0.05) is 13.8 Å². The molecule has 84 valence electrons. The molecule has 14 heavy (non-hydrogen) atoms. The Kier molecular flexibility index (Phi) is 10.4. The maximum atomic E-state index is 11.2. The smallest absolute Gasteiger partial charge is 0.137 e. The molecule has 0 aliphatic heterocycles. The van der Waals surface area contributed by atoms with Crippen molar-refractivity contribution in [2.75, 3.05) is 26.4 Å². The lowest BCUT2D eigenvalue weighted by atomic mass is 10.2. The van der Waals surface area contributed by atoms with Crippen LogP contribution >= 0.6 is 0 Å². The van der Waals surface area contributed by atoms with Crippen LogP contribution in [0.15, 0.2) is 0 Å². The number of rotatable bonds is 10. The molecule has 0 rings (SSSR count). The molecule has 0 saturated heterocycles. The van der Waals surface area contributed by atoms with Gasteiger partial charge < -0.3 is 9.47 Å². The molecular formula is C11H22O3. The highest BCUT2D eigenvalue weighted by molar-refractivity contribution is 5.78. The van der Waals surface area contributed by atoms with E-state index in [1.165, 1.54) is 0 Å². The first-order valence-corrected chi connectivity index (χ1v) is 5.48. The Balaban J connectivity index is 3.11. The zero-order chi connectivity index (χ0) is 10.6. The van der Waals surface area contributed by atoms with E-state index in [9.17, 15) is 4.79 Å². The van der Waals surface area contributed by atoms with Gasteiger partial charge in [-0.25, -0.2) is 0 Å². The molecular weight excluding hydrogens is 180 g/mol. The number of carbonyl (C=O) groups is 1. The van der Waals surface area contributed by atoms with Crippen molar-refractivity contribution in [3.05, 3.63) is 0 Å². The molecule has 0 aromatic heterocycles. The van der Waals surface area contributed by atoms with Crippen LogP contribution in [0.1, 0.15) is 39.5 Å². The SMILES string of the molecule is CCCOCCC(=O)CCOCCC. The van der Waals surface area contributed by atoms with Crippen LogP contribution in [0.3, 0.4) is 0 Å². The normalized spacial score (nSPS) is 10.4. The van der Waals surface area contributed by atoms with Crippen molar-refractivity contribution in [1.29, 1.82) is 0 Å². The van der Waals surface area contributed by atoms with E-state index in [1.807, 2.05) is 0 Å². The zero-order valence-electron chi connectivity index (χ0n) is 9.38. The molecule has 0 aliphatic carbocycles. The summed E-state index contributed by atoms with van der Waals surface area (Å²) in [6, 6.07) is 0. The predicted molar refractivity (Wildman–Crippen MR) is 56.5 cm³/mol. The van der Waals surface area contributed by atoms with Gasteiger partial charge in [-0.3, -0.25) is 4.79 Å². The van der Waals surface area contributed by atoms with Gasteiger partial charge in [0.05, 0.1) is 13.2 Å².